The normalized spacial score (nSPS) is 16.1. The zero-order valence-electron chi connectivity index (χ0n) is 19.1. The van der Waals surface area contributed by atoms with Gasteiger partial charge in [-0.25, -0.2) is 4.98 Å². The quantitative estimate of drug-likeness (QED) is 0.304. The number of nitrogens with one attached hydrogen (secondary N) is 2. The lowest BCUT2D eigenvalue weighted by atomic mass is 10.0. The van der Waals surface area contributed by atoms with Crippen molar-refractivity contribution in [2.24, 2.45) is 10.9 Å². The minimum Gasteiger partial charge on any atom is -0.444 e. The summed E-state index contributed by atoms with van der Waals surface area (Å²) in [5, 5.41) is 6.87. The minimum atomic E-state index is 0. The average Bonchev–Trinajstić information content (AvgIpc) is 3.22. The molecule has 1 fully saturated rings. The van der Waals surface area contributed by atoms with E-state index in [0.29, 0.717) is 17.9 Å². The van der Waals surface area contributed by atoms with Crippen molar-refractivity contribution in [2.75, 3.05) is 46.4 Å². The van der Waals surface area contributed by atoms with Crippen LogP contribution in [0.1, 0.15) is 25.1 Å². The molecular weight excluding hydrogens is 505 g/mol. The van der Waals surface area contributed by atoms with Crippen LogP contribution in [0, 0.1) is 12.8 Å². The summed E-state index contributed by atoms with van der Waals surface area (Å²) in [6, 6.07) is 8.67. The van der Waals surface area contributed by atoms with Gasteiger partial charge in [0.2, 0.25) is 5.89 Å². The van der Waals surface area contributed by atoms with Crippen LogP contribution >= 0.6 is 24.0 Å². The van der Waals surface area contributed by atoms with Gasteiger partial charge in [0, 0.05) is 51.3 Å². The standard InChI is InChI=1S/C23H35N5O2.HI/c1-17(2)21(28-11-13-29-14-12-28)15-26-23(24-4)25-10-9-20-16-30-22(27-20)19-7-5-18(3)6-8-19;/h5-8,16-17,21H,9-15H2,1-4H3,(H2,24,25,26);1H. The second-order valence-corrected chi connectivity index (χ2v) is 8.10. The van der Waals surface area contributed by atoms with Gasteiger partial charge in [-0.3, -0.25) is 9.89 Å². The SMILES string of the molecule is CN=C(NCCc1coc(-c2ccc(C)cc2)n1)NCC(C(C)C)N1CCOCC1.I. The monoisotopic (exact) mass is 541 g/mol. The van der Waals surface area contributed by atoms with Gasteiger partial charge in [0.05, 0.1) is 18.9 Å². The second-order valence-electron chi connectivity index (χ2n) is 8.10. The Balaban J connectivity index is 0.00000341. The van der Waals surface area contributed by atoms with Crippen molar-refractivity contribution < 1.29 is 9.15 Å². The van der Waals surface area contributed by atoms with Crippen LogP contribution in [0.5, 0.6) is 0 Å². The number of aliphatic imine (C=N–C) groups is 1. The Labute approximate surface area is 203 Å². The third-order valence-corrected chi connectivity index (χ3v) is 5.51. The third kappa shape index (κ3) is 7.76. The van der Waals surface area contributed by atoms with E-state index in [4.69, 9.17) is 9.15 Å². The number of benzene rings is 1. The van der Waals surface area contributed by atoms with Crippen molar-refractivity contribution in [3.05, 3.63) is 41.8 Å². The van der Waals surface area contributed by atoms with Crippen LogP contribution in [-0.4, -0.2) is 68.3 Å². The van der Waals surface area contributed by atoms with Crippen LogP contribution in [0.15, 0.2) is 39.9 Å². The highest BCUT2D eigenvalue weighted by atomic mass is 127. The number of oxazole rings is 1. The summed E-state index contributed by atoms with van der Waals surface area (Å²) in [5.41, 5.74) is 3.16. The summed E-state index contributed by atoms with van der Waals surface area (Å²) < 4.78 is 11.1. The Hall–Kier alpha value is -1.65. The van der Waals surface area contributed by atoms with E-state index in [9.17, 15) is 0 Å². The van der Waals surface area contributed by atoms with Gasteiger partial charge in [-0.2, -0.15) is 0 Å². The molecule has 0 aliphatic carbocycles. The summed E-state index contributed by atoms with van der Waals surface area (Å²) >= 11 is 0. The molecule has 8 heteroatoms. The maximum atomic E-state index is 5.65. The number of rotatable bonds is 8. The van der Waals surface area contributed by atoms with Gasteiger partial charge in [-0.1, -0.05) is 31.5 Å². The summed E-state index contributed by atoms with van der Waals surface area (Å²) in [6.07, 6.45) is 2.51. The molecule has 2 heterocycles. The zero-order chi connectivity index (χ0) is 21.3. The fourth-order valence-corrected chi connectivity index (χ4v) is 3.68. The Morgan fingerprint density at radius 1 is 1.16 bits per heavy atom. The molecule has 0 amide bonds. The van der Waals surface area contributed by atoms with E-state index in [-0.39, 0.29) is 24.0 Å². The molecule has 0 spiro atoms. The lowest BCUT2D eigenvalue weighted by Gasteiger charge is -2.37. The number of guanidine groups is 1. The Kier molecular flexibility index (Phi) is 10.8. The van der Waals surface area contributed by atoms with E-state index >= 15 is 0 Å². The number of hydrogen-bond donors (Lipinski definition) is 2. The topological polar surface area (TPSA) is 74.9 Å². The molecule has 0 radical (unpaired) electrons. The first-order valence-corrected chi connectivity index (χ1v) is 10.8. The van der Waals surface area contributed by atoms with Crippen molar-refractivity contribution in [1.29, 1.82) is 0 Å². The maximum absolute atomic E-state index is 5.65. The Bertz CT molecular complexity index is 801. The van der Waals surface area contributed by atoms with Crippen molar-refractivity contribution in [1.82, 2.24) is 20.5 Å². The predicted molar refractivity (Wildman–Crippen MR) is 136 cm³/mol. The first-order chi connectivity index (χ1) is 14.6. The smallest absolute Gasteiger partial charge is 0.226 e. The number of halogens is 1. The number of nitrogens with zero attached hydrogens (tertiary/aromatic N) is 3. The van der Waals surface area contributed by atoms with Crippen LogP contribution in [-0.2, 0) is 11.2 Å². The molecule has 3 rings (SSSR count). The summed E-state index contributed by atoms with van der Waals surface area (Å²) in [5.74, 6) is 2.04. The van der Waals surface area contributed by atoms with E-state index in [1.54, 1.807) is 13.3 Å². The molecule has 1 unspecified atom stereocenters. The van der Waals surface area contributed by atoms with Gasteiger partial charge in [0.1, 0.15) is 6.26 Å². The van der Waals surface area contributed by atoms with Crippen LogP contribution in [0.25, 0.3) is 11.5 Å². The molecule has 7 nitrogen and oxygen atoms in total. The maximum Gasteiger partial charge on any atom is 0.226 e. The summed E-state index contributed by atoms with van der Waals surface area (Å²) in [4.78, 5) is 11.5. The first kappa shape index (κ1) is 25.6. The molecular formula is C23H36IN5O2. The molecule has 0 bridgehead atoms. The molecule has 1 aromatic carbocycles. The molecule has 1 aliphatic rings. The zero-order valence-corrected chi connectivity index (χ0v) is 21.4. The van der Waals surface area contributed by atoms with Crippen molar-refractivity contribution in [2.45, 2.75) is 33.2 Å². The minimum absolute atomic E-state index is 0. The molecule has 31 heavy (non-hydrogen) atoms. The Morgan fingerprint density at radius 3 is 2.52 bits per heavy atom. The molecule has 1 aliphatic heterocycles. The first-order valence-electron chi connectivity index (χ1n) is 10.8. The highest BCUT2D eigenvalue weighted by molar-refractivity contribution is 14.0. The molecule has 2 aromatic rings. The highest BCUT2D eigenvalue weighted by Crippen LogP contribution is 2.19. The largest absolute Gasteiger partial charge is 0.444 e. The van der Waals surface area contributed by atoms with Gasteiger partial charge in [0.25, 0.3) is 0 Å². The van der Waals surface area contributed by atoms with Crippen molar-refractivity contribution >= 4 is 29.9 Å². The van der Waals surface area contributed by atoms with Crippen molar-refractivity contribution in [3.63, 3.8) is 0 Å². The Morgan fingerprint density at radius 2 is 1.87 bits per heavy atom. The van der Waals surface area contributed by atoms with Gasteiger partial charge in [0.15, 0.2) is 5.96 Å². The lowest BCUT2D eigenvalue weighted by Crippen LogP contribution is -2.52. The number of hydrogen-bond acceptors (Lipinski definition) is 5. The molecule has 1 atom stereocenters. The van der Waals surface area contributed by atoms with E-state index in [0.717, 1.165) is 63.0 Å². The van der Waals surface area contributed by atoms with Gasteiger partial charge in [-0.15, -0.1) is 24.0 Å². The predicted octanol–water partition coefficient (Wildman–Crippen LogP) is 3.33. The molecule has 2 N–H and O–H groups in total. The molecule has 172 valence electrons. The second kappa shape index (κ2) is 13.0. The molecule has 1 saturated heterocycles. The third-order valence-electron chi connectivity index (χ3n) is 5.51. The van der Waals surface area contributed by atoms with Crippen LogP contribution < -0.4 is 10.6 Å². The molecule has 1 aromatic heterocycles. The van der Waals surface area contributed by atoms with Gasteiger partial charge < -0.3 is 19.8 Å². The fourth-order valence-electron chi connectivity index (χ4n) is 3.68. The van der Waals surface area contributed by atoms with Gasteiger partial charge >= 0.3 is 0 Å². The average molecular weight is 541 g/mol. The van der Waals surface area contributed by atoms with E-state index in [1.165, 1.54) is 5.56 Å². The summed E-state index contributed by atoms with van der Waals surface area (Å²) in [7, 11) is 1.81. The van der Waals surface area contributed by atoms with Crippen LogP contribution in [0.2, 0.25) is 0 Å². The number of morpholine rings is 1. The lowest BCUT2D eigenvalue weighted by molar-refractivity contribution is 0.00752. The summed E-state index contributed by atoms with van der Waals surface area (Å²) in [6.45, 7) is 11.8. The van der Waals surface area contributed by atoms with E-state index < -0.39 is 0 Å². The fraction of sp³-hybridized carbons (Fsp3) is 0.565. The van der Waals surface area contributed by atoms with Crippen LogP contribution in [0.4, 0.5) is 0 Å². The molecule has 0 saturated carbocycles. The van der Waals surface area contributed by atoms with E-state index in [1.807, 2.05) is 12.1 Å². The number of aryl methyl sites for hydroxylation is 1. The number of aromatic nitrogens is 1. The van der Waals surface area contributed by atoms with Gasteiger partial charge in [-0.05, 0) is 25.0 Å². The van der Waals surface area contributed by atoms with Crippen LogP contribution in [0.3, 0.4) is 0 Å². The van der Waals surface area contributed by atoms with E-state index in [2.05, 4.69) is 58.4 Å². The highest BCUT2D eigenvalue weighted by Gasteiger charge is 2.23. The van der Waals surface area contributed by atoms with Crippen molar-refractivity contribution in [3.8, 4) is 11.5 Å². The number of ether oxygens (including phenoxy) is 1.